The number of unbranched alkanes of at least 4 members (excludes halogenated alkanes) is 2. The van der Waals surface area contributed by atoms with Crippen LogP contribution in [0.2, 0.25) is 0 Å². The number of carbonyl (C=O) groups excluding carboxylic acids is 1. The molecule has 1 unspecified atom stereocenters. The van der Waals surface area contributed by atoms with Crippen LogP contribution >= 0.6 is 0 Å². The minimum absolute atomic E-state index is 0.115. The highest BCUT2D eigenvalue weighted by atomic mass is 16.1. The van der Waals surface area contributed by atoms with Crippen molar-refractivity contribution in [2.75, 3.05) is 0 Å². The van der Waals surface area contributed by atoms with Crippen molar-refractivity contribution in [3.63, 3.8) is 0 Å². The van der Waals surface area contributed by atoms with Crippen LogP contribution in [0.15, 0.2) is 12.2 Å². The van der Waals surface area contributed by atoms with Gasteiger partial charge in [-0.2, -0.15) is 0 Å². The molecule has 0 saturated heterocycles. The van der Waals surface area contributed by atoms with Crippen molar-refractivity contribution in [1.82, 2.24) is 0 Å². The average Bonchev–Trinajstić information content (AvgIpc) is 2.10. The Kier molecular flexibility index (Phi) is 8.09. The van der Waals surface area contributed by atoms with E-state index < -0.39 is 0 Å². The molecule has 0 saturated carbocycles. The van der Waals surface area contributed by atoms with E-state index in [0.29, 0.717) is 0 Å². The van der Waals surface area contributed by atoms with Gasteiger partial charge >= 0.3 is 0 Å². The lowest BCUT2D eigenvalue weighted by Gasteiger charge is -1.98. The monoisotopic (exact) mass is 167 g/mol. The van der Waals surface area contributed by atoms with Crippen LogP contribution in [0.3, 0.4) is 0 Å². The van der Waals surface area contributed by atoms with E-state index >= 15 is 0 Å². The van der Waals surface area contributed by atoms with E-state index in [1.54, 1.807) is 0 Å². The van der Waals surface area contributed by atoms with Crippen molar-refractivity contribution in [3.05, 3.63) is 12.2 Å². The van der Waals surface area contributed by atoms with Gasteiger partial charge in [0.25, 0.3) is 0 Å². The molecule has 0 N–H and O–H groups in total. The van der Waals surface area contributed by atoms with Gasteiger partial charge in [-0.25, -0.2) is 0 Å². The summed E-state index contributed by atoms with van der Waals surface area (Å²) in [5.74, 6) is 0.115. The summed E-state index contributed by atoms with van der Waals surface area (Å²) in [5, 5.41) is 0. The summed E-state index contributed by atoms with van der Waals surface area (Å²) in [7, 11) is 0. The molecule has 0 aliphatic rings. The van der Waals surface area contributed by atoms with Crippen LogP contribution in [-0.4, -0.2) is 6.29 Å². The maximum absolute atomic E-state index is 10.1. The van der Waals surface area contributed by atoms with Crippen molar-refractivity contribution >= 4 is 6.29 Å². The molecule has 0 spiro atoms. The van der Waals surface area contributed by atoms with E-state index in [-0.39, 0.29) is 5.92 Å². The van der Waals surface area contributed by atoms with Crippen LogP contribution in [0, 0.1) is 5.92 Å². The summed E-state index contributed by atoms with van der Waals surface area (Å²) in [6.45, 7) is 4.09. The molecule has 1 heteroatoms. The van der Waals surface area contributed by atoms with Gasteiger partial charge in [-0.15, -0.1) is 0 Å². The van der Waals surface area contributed by atoms with Gasteiger partial charge in [-0.1, -0.05) is 32.4 Å². The van der Waals surface area contributed by atoms with Crippen LogP contribution in [0.4, 0.5) is 0 Å². The predicted molar refractivity (Wildman–Crippen MR) is 52.8 cm³/mol. The van der Waals surface area contributed by atoms with Gasteiger partial charge in [-0.3, -0.25) is 4.79 Å². The van der Waals surface area contributed by atoms with Crippen LogP contribution in [0.1, 0.15) is 46.0 Å². The number of hydrogen-bond acceptors (Lipinski definition) is 1. The van der Waals surface area contributed by atoms with Gasteiger partial charge < -0.3 is 0 Å². The van der Waals surface area contributed by atoms with Crippen LogP contribution in [0.5, 0.6) is 0 Å². The smallest absolute Gasteiger partial charge is 0.201 e. The summed E-state index contributed by atoms with van der Waals surface area (Å²) >= 11 is 0. The Morgan fingerprint density at radius 1 is 1.33 bits per heavy atom. The van der Waals surface area contributed by atoms with E-state index in [1.165, 1.54) is 12.8 Å². The molecule has 0 fully saturated rings. The van der Waals surface area contributed by atoms with Gasteiger partial charge in [0.1, 0.15) is 0 Å². The summed E-state index contributed by atoms with van der Waals surface area (Å²) in [5.41, 5.74) is 0. The summed E-state index contributed by atoms with van der Waals surface area (Å²) in [6.07, 6.45) is 12.0. The highest BCUT2D eigenvalue weighted by Gasteiger charge is 1.97. The molecule has 1 nitrogen and oxygen atoms in total. The zero-order valence-electron chi connectivity index (χ0n) is 8.18. The molecule has 0 heterocycles. The average molecular weight is 167 g/mol. The van der Waals surface area contributed by atoms with Gasteiger partial charge in [0.2, 0.25) is 6.29 Å². The largest absolute Gasteiger partial charge is 0.291 e. The quantitative estimate of drug-likeness (QED) is 0.420. The minimum atomic E-state index is 0.115. The Balaban J connectivity index is 3.14. The molecule has 1 atom stereocenters. The normalized spacial score (nSPS) is 13.5. The lowest BCUT2D eigenvalue weighted by Crippen LogP contribution is -1.93. The molecule has 12 heavy (non-hydrogen) atoms. The van der Waals surface area contributed by atoms with Crippen molar-refractivity contribution in [1.29, 1.82) is 0 Å². The first kappa shape index (κ1) is 11.4. The van der Waals surface area contributed by atoms with E-state index in [1.807, 2.05) is 13.2 Å². The van der Waals surface area contributed by atoms with Gasteiger partial charge in [0, 0.05) is 5.92 Å². The molecule has 0 bridgehead atoms. The molecule has 0 aromatic rings. The molecule has 0 aliphatic carbocycles. The Bertz CT molecular complexity index is 127. The Morgan fingerprint density at radius 3 is 2.58 bits per heavy atom. The number of allylic oxidation sites excluding steroid dienone is 2. The molecule has 0 amide bonds. The lowest BCUT2D eigenvalue weighted by molar-refractivity contribution is 0.514. The molecular formula is C11H19O. The third kappa shape index (κ3) is 7.52. The molecule has 0 aliphatic heterocycles. The van der Waals surface area contributed by atoms with Crippen LogP contribution in [0.25, 0.3) is 0 Å². The number of hydrogen-bond donors (Lipinski definition) is 0. The predicted octanol–water partition coefficient (Wildman–Crippen LogP) is 3.26. The molecule has 1 radical (unpaired) electrons. The maximum atomic E-state index is 10.1. The Hall–Kier alpha value is -0.590. The van der Waals surface area contributed by atoms with Gasteiger partial charge in [-0.05, 0) is 25.7 Å². The second-order valence-corrected chi connectivity index (χ2v) is 3.21. The fourth-order valence-corrected chi connectivity index (χ4v) is 1.00. The van der Waals surface area contributed by atoms with Crippen molar-refractivity contribution in [3.8, 4) is 0 Å². The van der Waals surface area contributed by atoms with Crippen LogP contribution < -0.4 is 0 Å². The van der Waals surface area contributed by atoms with E-state index in [9.17, 15) is 4.79 Å². The molecular weight excluding hydrogens is 148 g/mol. The second-order valence-electron chi connectivity index (χ2n) is 3.21. The Labute approximate surface area is 75.9 Å². The van der Waals surface area contributed by atoms with E-state index in [2.05, 4.69) is 19.1 Å². The standard InChI is InChI=1S/C11H19O/c1-3-4-5-6-7-8-9-11(2)10-12/h5-6,11H,3-4,7-9H2,1-2H3. The topological polar surface area (TPSA) is 17.1 Å². The SMILES string of the molecule is CCCC=CCCCC(C)[C]=O. The Morgan fingerprint density at radius 2 is 2.00 bits per heavy atom. The molecule has 0 aromatic heterocycles. The highest BCUT2D eigenvalue weighted by Crippen LogP contribution is 2.05. The van der Waals surface area contributed by atoms with Crippen molar-refractivity contribution < 1.29 is 4.79 Å². The minimum Gasteiger partial charge on any atom is -0.291 e. The third-order valence-electron chi connectivity index (χ3n) is 1.83. The molecule has 0 aromatic carbocycles. The highest BCUT2D eigenvalue weighted by molar-refractivity contribution is 5.53. The first-order chi connectivity index (χ1) is 5.81. The molecule has 69 valence electrons. The fourth-order valence-electron chi connectivity index (χ4n) is 1.00. The summed E-state index contributed by atoms with van der Waals surface area (Å²) < 4.78 is 0. The zero-order chi connectivity index (χ0) is 9.23. The van der Waals surface area contributed by atoms with Crippen LogP contribution in [-0.2, 0) is 4.79 Å². The van der Waals surface area contributed by atoms with Crippen molar-refractivity contribution in [2.45, 2.75) is 46.0 Å². The summed E-state index contributed by atoms with van der Waals surface area (Å²) in [4.78, 5) is 10.1. The fraction of sp³-hybridized carbons (Fsp3) is 0.727. The van der Waals surface area contributed by atoms with Gasteiger partial charge in [0.15, 0.2) is 0 Å². The lowest BCUT2D eigenvalue weighted by atomic mass is 10.1. The molecule has 0 rings (SSSR count). The third-order valence-corrected chi connectivity index (χ3v) is 1.83. The number of rotatable bonds is 7. The second kappa shape index (κ2) is 8.51. The maximum Gasteiger partial charge on any atom is 0.201 e. The summed E-state index contributed by atoms with van der Waals surface area (Å²) in [6, 6.07) is 0. The van der Waals surface area contributed by atoms with Crippen molar-refractivity contribution in [2.24, 2.45) is 5.92 Å². The van der Waals surface area contributed by atoms with E-state index in [4.69, 9.17) is 0 Å². The van der Waals surface area contributed by atoms with Gasteiger partial charge in [0.05, 0.1) is 0 Å². The first-order valence-electron chi connectivity index (χ1n) is 4.84. The first-order valence-corrected chi connectivity index (χ1v) is 4.84. The zero-order valence-corrected chi connectivity index (χ0v) is 8.18. The van der Waals surface area contributed by atoms with E-state index in [0.717, 1.165) is 19.3 Å².